The van der Waals surface area contributed by atoms with Gasteiger partial charge in [0.05, 0.1) is 19.8 Å². The van der Waals surface area contributed by atoms with Crippen molar-refractivity contribution in [2.45, 2.75) is 44.4 Å². The average molecular weight is 384 g/mol. The summed E-state index contributed by atoms with van der Waals surface area (Å²) >= 11 is 7.41. The van der Waals surface area contributed by atoms with Crippen molar-refractivity contribution in [2.75, 3.05) is 31.6 Å². The second-order valence-corrected chi connectivity index (χ2v) is 7.96. The summed E-state index contributed by atoms with van der Waals surface area (Å²) in [6, 6.07) is 1.03. The van der Waals surface area contributed by atoms with Crippen molar-refractivity contribution >= 4 is 39.1 Å². The molecule has 136 valence electrons. The number of ether oxygens (including phenoxy) is 1. The molecule has 0 aromatic carbocycles. The maximum absolute atomic E-state index is 9.31. The van der Waals surface area contributed by atoms with Crippen LogP contribution in [0.1, 0.15) is 30.7 Å². The van der Waals surface area contributed by atoms with Gasteiger partial charge in [-0.15, -0.1) is 0 Å². The van der Waals surface area contributed by atoms with Crippen molar-refractivity contribution < 1.29 is 9.84 Å². The summed E-state index contributed by atoms with van der Waals surface area (Å²) in [5.74, 6) is 0.681. The van der Waals surface area contributed by atoms with Crippen LogP contribution in [0.4, 0.5) is 5.82 Å². The molecule has 25 heavy (non-hydrogen) atoms. The minimum atomic E-state index is -0.0945. The molecule has 3 heterocycles. The van der Waals surface area contributed by atoms with Gasteiger partial charge >= 0.3 is 0 Å². The van der Waals surface area contributed by atoms with Crippen LogP contribution in [0.2, 0.25) is 5.28 Å². The van der Waals surface area contributed by atoms with E-state index in [2.05, 4.69) is 25.2 Å². The lowest BCUT2D eigenvalue weighted by molar-refractivity contribution is 0.00791. The van der Waals surface area contributed by atoms with Crippen LogP contribution in [0.3, 0.4) is 0 Å². The second kappa shape index (κ2) is 7.67. The molecule has 2 N–H and O–H groups in total. The Balaban J connectivity index is 1.43. The minimum Gasteiger partial charge on any atom is -0.389 e. The number of thiazole rings is 1. The fourth-order valence-corrected chi connectivity index (χ4v) is 4.74. The van der Waals surface area contributed by atoms with Gasteiger partial charge < -0.3 is 15.2 Å². The number of aliphatic hydroxyl groups excluding tert-OH is 1. The molecule has 2 aromatic rings. The summed E-state index contributed by atoms with van der Waals surface area (Å²) in [4.78, 5) is 16.2. The molecule has 1 aliphatic heterocycles. The Labute approximate surface area is 155 Å². The predicted molar refractivity (Wildman–Crippen MR) is 98.2 cm³/mol. The van der Waals surface area contributed by atoms with E-state index >= 15 is 0 Å². The second-order valence-electron chi connectivity index (χ2n) is 6.56. The van der Waals surface area contributed by atoms with Crippen LogP contribution in [0.15, 0.2) is 0 Å². The first-order valence-electron chi connectivity index (χ1n) is 8.75. The first-order chi connectivity index (χ1) is 12.2. The third-order valence-electron chi connectivity index (χ3n) is 5.01. The molecule has 1 aliphatic carbocycles. The molecular formula is C16H22ClN5O2S. The third kappa shape index (κ3) is 3.88. The van der Waals surface area contributed by atoms with Crippen molar-refractivity contribution in [3.8, 4) is 0 Å². The summed E-state index contributed by atoms with van der Waals surface area (Å²) in [7, 11) is 0. The van der Waals surface area contributed by atoms with E-state index in [1.54, 1.807) is 0 Å². The number of nitrogens with zero attached hydrogens (tertiary/aromatic N) is 4. The molecule has 7 nitrogen and oxygen atoms in total. The lowest BCUT2D eigenvalue weighted by Crippen LogP contribution is -2.46. The molecule has 1 saturated heterocycles. The maximum atomic E-state index is 9.31. The molecule has 0 amide bonds. The molecule has 2 aromatic heterocycles. The number of aromatic nitrogens is 3. The number of hydrogen-bond donors (Lipinski definition) is 2. The van der Waals surface area contributed by atoms with Crippen molar-refractivity contribution in [1.29, 1.82) is 0 Å². The van der Waals surface area contributed by atoms with Crippen LogP contribution in [0.5, 0.6) is 0 Å². The molecule has 0 unspecified atom stereocenters. The van der Waals surface area contributed by atoms with Gasteiger partial charge in [0, 0.05) is 25.2 Å². The van der Waals surface area contributed by atoms with Gasteiger partial charge in [-0.2, -0.15) is 4.98 Å². The number of fused-ring (bicyclic) bond motifs is 1. The molecule has 0 bridgehead atoms. The Morgan fingerprint density at radius 1 is 1.16 bits per heavy atom. The summed E-state index contributed by atoms with van der Waals surface area (Å²) in [6.07, 6.45) is 4.56. The lowest BCUT2D eigenvalue weighted by atomic mass is 9.90. The zero-order valence-electron chi connectivity index (χ0n) is 13.9. The average Bonchev–Trinajstić information content (AvgIpc) is 3.06. The van der Waals surface area contributed by atoms with Gasteiger partial charge in [-0.1, -0.05) is 11.3 Å². The molecule has 2 fully saturated rings. The van der Waals surface area contributed by atoms with Crippen LogP contribution in [0.25, 0.3) is 10.3 Å². The van der Waals surface area contributed by atoms with Gasteiger partial charge in [0.15, 0.2) is 10.6 Å². The zero-order chi connectivity index (χ0) is 17.2. The quantitative estimate of drug-likeness (QED) is 0.783. The number of rotatable bonds is 4. The Morgan fingerprint density at radius 3 is 2.64 bits per heavy atom. The number of hydrogen-bond acceptors (Lipinski definition) is 8. The maximum Gasteiger partial charge on any atom is 0.225 e. The fraction of sp³-hybridized carbons (Fsp3) is 0.688. The summed E-state index contributed by atoms with van der Waals surface area (Å²) in [5.41, 5.74) is 0.703. The van der Waals surface area contributed by atoms with E-state index in [-0.39, 0.29) is 11.9 Å². The van der Waals surface area contributed by atoms with Gasteiger partial charge in [0.1, 0.15) is 10.5 Å². The highest BCUT2D eigenvalue weighted by atomic mass is 35.5. The van der Waals surface area contributed by atoms with Crippen LogP contribution in [0, 0.1) is 0 Å². The highest BCUT2D eigenvalue weighted by Gasteiger charge is 2.27. The number of aliphatic hydroxyl groups is 1. The molecule has 9 heteroatoms. The van der Waals surface area contributed by atoms with Gasteiger partial charge in [-0.3, -0.25) is 4.90 Å². The highest BCUT2D eigenvalue weighted by molar-refractivity contribution is 7.18. The molecular weight excluding hydrogens is 362 g/mol. The SMILES string of the molecule is OCc1nc2c(N[C@H]3CC[C@H](N4CCOCC4)CC3)nc(Cl)nc2s1. The topological polar surface area (TPSA) is 83.4 Å². The smallest absolute Gasteiger partial charge is 0.225 e. The summed E-state index contributed by atoms with van der Waals surface area (Å²) in [6.45, 7) is 3.71. The van der Waals surface area contributed by atoms with E-state index in [4.69, 9.17) is 16.3 Å². The van der Waals surface area contributed by atoms with Crippen molar-refractivity contribution in [3.63, 3.8) is 0 Å². The number of anilines is 1. The van der Waals surface area contributed by atoms with E-state index in [1.165, 1.54) is 24.2 Å². The summed E-state index contributed by atoms with van der Waals surface area (Å²) in [5, 5.41) is 13.7. The molecule has 0 radical (unpaired) electrons. The monoisotopic (exact) mass is 383 g/mol. The Bertz CT molecular complexity index is 729. The third-order valence-corrected chi connectivity index (χ3v) is 6.11. The number of nitrogens with one attached hydrogen (secondary N) is 1. The van der Waals surface area contributed by atoms with Crippen molar-refractivity contribution in [2.24, 2.45) is 0 Å². The Morgan fingerprint density at radius 2 is 1.92 bits per heavy atom. The first-order valence-corrected chi connectivity index (χ1v) is 9.94. The van der Waals surface area contributed by atoms with Gasteiger partial charge in [-0.25, -0.2) is 9.97 Å². The number of morpholine rings is 1. The van der Waals surface area contributed by atoms with E-state index < -0.39 is 0 Å². The largest absolute Gasteiger partial charge is 0.389 e. The van der Waals surface area contributed by atoms with E-state index in [1.807, 2.05) is 0 Å². The van der Waals surface area contributed by atoms with Crippen LogP contribution in [-0.4, -0.2) is 63.3 Å². The minimum absolute atomic E-state index is 0.0945. The van der Waals surface area contributed by atoms with Crippen molar-refractivity contribution in [1.82, 2.24) is 19.9 Å². The standard InChI is InChI=1S/C16H22ClN5O2S/c17-16-20-14(13-15(21-16)25-12(9-23)19-13)18-10-1-3-11(4-2-10)22-5-7-24-8-6-22/h10-11,23H,1-9H2,(H,18,20,21)/t10-,11-. The van der Waals surface area contributed by atoms with Gasteiger partial charge in [0.25, 0.3) is 0 Å². The number of halogens is 1. The summed E-state index contributed by atoms with van der Waals surface area (Å²) < 4.78 is 5.45. The molecule has 4 rings (SSSR count). The molecule has 0 atom stereocenters. The molecule has 1 saturated carbocycles. The van der Waals surface area contributed by atoms with Crippen LogP contribution >= 0.6 is 22.9 Å². The van der Waals surface area contributed by atoms with Crippen LogP contribution in [-0.2, 0) is 11.3 Å². The zero-order valence-corrected chi connectivity index (χ0v) is 15.5. The normalized spacial score (nSPS) is 25.4. The predicted octanol–water partition coefficient (Wildman–Crippen LogP) is 2.29. The Hall–Kier alpha value is -1.06. The van der Waals surface area contributed by atoms with E-state index in [0.717, 1.165) is 39.1 Å². The molecule has 2 aliphatic rings. The first kappa shape index (κ1) is 17.4. The molecule has 0 spiro atoms. The van der Waals surface area contributed by atoms with Gasteiger partial charge in [0.2, 0.25) is 5.28 Å². The van der Waals surface area contributed by atoms with Crippen molar-refractivity contribution in [3.05, 3.63) is 10.3 Å². The lowest BCUT2D eigenvalue weighted by Gasteiger charge is -2.39. The highest BCUT2D eigenvalue weighted by Crippen LogP contribution is 2.30. The Kier molecular flexibility index (Phi) is 5.33. The van der Waals surface area contributed by atoms with Gasteiger partial charge in [-0.05, 0) is 37.3 Å². The van der Waals surface area contributed by atoms with Crippen LogP contribution < -0.4 is 5.32 Å². The van der Waals surface area contributed by atoms with E-state index in [9.17, 15) is 5.11 Å². The van der Waals surface area contributed by atoms with E-state index in [0.29, 0.717) is 33.3 Å². The fourth-order valence-electron chi connectivity index (χ4n) is 3.73.